The van der Waals surface area contributed by atoms with E-state index in [1.54, 1.807) is 0 Å². The second-order valence-corrected chi connectivity index (χ2v) is 4.59. The van der Waals surface area contributed by atoms with E-state index in [9.17, 15) is 4.79 Å². The predicted molar refractivity (Wildman–Crippen MR) is 74.3 cm³/mol. The minimum Gasteiger partial charge on any atom is -0.316 e. The lowest BCUT2D eigenvalue weighted by Crippen LogP contribution is -2.16. The largest absolute Gasteiger partial charge is 0.316 e. The fourth-order valence-corrected chi connectivity index (χ4v) is 2.39. The van der Waals surface area contributed by atoms with Crippen LogP contribution in [0.25, 0.3) is 10.9 Å². The van der Waals surface area contributed by atoms with E-state index in [4.69, 9.17) is 0 Å². The van der Waals surface area contributed by atoms with Gasteiger partial charge in [0.25, 0.3) is 5.56 Å². The summed E-state index contributed by atoms with van der Waals surface area (Å²) >= 11 is 0. The Bertz CT molecular complexity index is 590. The number of rotatable bonds is 2. The Morgan fingerprint density at radius 2 is 2.17 bits per heavy atom. The van der Waals surface area contributed by atoms with E-state index in [1.165, 1.54) is 0 Å². The zero-order chi connectivity index (χ0) is 11.7. The van der Waals surface area contributed by atoms with Crippen molar-refractivity contribution in [1.29, 1.82) is 0 Å². The fourth-order valence-electron chi connectivity index (χ4n) is 2.39. The summed E-state index contributed by atoms with van der Waals surface area (Å²) in [7, 11) is 0. The van der Waals surface area contributed by atoms with Crippen LogP contribution in [-0.4, -0.2) is 23.1 Å². The van der Waals surface area contributed by atoms with Crippen LogP contribution in [-0.2, 0) is 6.42 Å². The van der Waals surface area contributed by atoms with Gasteiger partial charge in [0, 0.05) is 6.42 Å². The maximum atomic E-state index is 11.9. The third-order valence-corrected chi connectivity index (χ3v) is 3.31. The highest BCUT2D eigenvalue weighted by atomic mass is 35.5. The molecule has 2 N–H and O–H groups in total. The molecule has 0 aliphatic carbocycles. The topological polar surface area (TPSA) is 57.8 Å². The number of aromatic nitrogens is 2. The Hall–Kier alpha value is -1.39. The maximum Gasteiger partial charge on any atom is 0.258 e. The first-order valence-electron chi connectivity index (χ1n) is 6.01. The summed E-state index contributed by atoms with van der Waals surface area (Å²) in [6.45, 7) is 2.10. The molecular weight excluding hydrogens is 250 g/mol. The quantitative estimate of drug-likeness (QED) is 0.865. The van der Waals surface area contributed by atoms with Gasteiger partial charge in [0.2, 0.25) is 0 Å². The molecule has 0 spiro atoms. The molecule has 1 atom stereocenters. The van der Waals surface area contributed by atoms with Gasteiger partial charge in [-0.2, -0.15) is 0 Å². The molecule has 1 unspecified atom stereocenters. The average molecular weight is 266 g/mol. The molecule has 0 bridgehead atoms. The summed E-state index contributed by atoms with van der Waals surface area (Å²) in [5.41, 5.74) is 0.758. The number of para-hydroxylation sites is 1. The molecule has 1 fully saturated rings. The van der Waals surface area contributed by atoms with Crippen LogP contribution < -0.4 is 10.9 Å². The highest BCUT2D eigenvalue weighted by Crippen LogP contribution is 2.13. The summed E-state index contributed by atoms with van der Waals surface area (Å²) in [6, 6.07) is 7.47. The van der Waals surface area contributed by atoms with E-state index >= 15 is 0 Å². The molecule has 1 aliphatic rings. The first-order valence-corrected chi connectivity index (χ1v) is 6.01. The zero-order valence-electron chi connectivity index (χ0n) is 9.98. The van der Waals surface area contributed by atoms with Crippen LogP contribution in [0.4, 0.5) is 0 Å². The highest BCUT2D eigenvalue weighted by molar-refractivity contribution is 5.85. The van der Waals surface area contributed by atoms with Gasteiger partial charge in [0.1, 0.15) is 5.82 Å². The van der Waals surface area contributed by atoms with Crippen molar-refractivity contribution in [3.8, 4) is 0 Å². The predicted octanol–water partition coefficient (Wildman–Crippen LogP) is 1.50. The first kappa shape index (κ1) is 13.1. The third kappa shape index (κ3) is 2.54. The van der Waals surface area contributed by atoms with Crippen LogP contribution in [0.2, 0.25) is 0 Å². The fraction of sp³-hybridized carbons (Fsp3) is 0.385. The summed E-state index contributed by atoms with van der Waals surface area (Å²) in [5.74, 6) is 1.40. The van der Waals surface area contributed by atoms with Gasteiger partial charge in [-0.05, 0) is 37.6 Å². The Labute approximate surface area is 111 Å². The molecule has 1 aliphatic heterocycles. The Kier molecular flexibility index (Phi) is 3.99. The van der Waals surface area contributed by atoms with E-state index in [0.717, 1.165) is 37.3 Å². The van der Waals surface area contributed by atoms with Gasteiger partial charge >= 0.3 is 0 Å². The number of hydrogen-bond donors (Lipinski definition) is 2. The van der Waals surface area contributed by atoms with Crippen LogP contribution in [0.15, 0.2) is 29.1 Å². The van der Waals surface area contributed by atoms with Gasteiger partial charge in [-0.15, -0.1) is 12.4 Å². The number of nitrogens with one attached hydrogen (secondary N) is 2. The van der Waals surface area contributed by atoms with E-state index in [-0.39, 0.29) is 18.0 Å². The summed E-state index contributed by atoms with van der Waals surface area (Å²) in [6.07, 6.45) is 2.02. The molecule has 1 aromatic carbocycles. The normalized spacial score (nSPS) is 18.8. The number of aromatic amines is 1. The minimum absolute atomic E-state index is 0. The van der Waals surface area contributed by atoms with Crippen LogP contribution in [0.3, 0.4) is 0 Å². The summed E-state index contributed by atoms with van der Waals surface area (Å²) < 4.78 is 0. The van der Waals surface area contributed by atoms with Gasteiger partial charge in [-0.3, -0.25) is 4.79 Å². The van der Waals surface area contributed by atoms with Crippen molar-refractivity contribution in [3.63, 3.8) is 0 Å². The van der Waals surface area contributed by atoms with E-state index in [0.29, 0.717) is 11.3 Å². The molecule has 3 rings (SSSR count). The molecule has 1 aromatic heterocycles. The van der Waals surface area contributed by atoms with Gasteiger partial charge < -0.3 is 10.3 Å². The van der Waals surface area contributed by atoms with E-state index in [2.05, 4.69) is 15.3 Å². The number of H-pyrrole nitrogens is 1. The zero-order valence-corrected chi connectivity index (χ0v) is 10.8. The molecule has 2 heterocycles. The molecule has 5 heteroatoms. The van der Waals surface area contributed by atoms with E-state index < -0.39 is 0 Å². The standard InChI is InChI=1S/C13H15N3O.ClH/c17-13-10-3-1-2-4-11(10)15-12(16-13)7-9-5-6-14-8-9;/h1-4,9,14H,5-8H2,(H,15,16,17);1H. The van der Waals surface area contributed by atoms with Gasteiger partial charge in [0.05, 0.1) is 10.9 Å². The van der Waals surface area contributed by atoms with Crippen molar-refractivity contribution >= 4 is 23.3 Å². The molecule has 0 saturated carbocycles. The van der Waals surface area contributed by atoms with Crippen molar-refractivity contribution in [2.45, 2.75) is 12.8 Å². The first-order chi connectivity index (χ1) is 8.33. The molecular formula is C13H16ClN3O. The third-order valence-electron chi connectivity index (χ3n) is 3.31. The second-order valence-electron chi connectivity index (χ2n) is 4.59. The number of halogens is 1. The number of benzene rings is 1. The highest BCUT2D eigenvalue weighted by Gasteiger charge is 2.16. The Morgan fingerprint density at radius 3 is 2.94 bits per heavy atom. The lowest BCUT2D eigenvalue weighted by Gasteiger charge is -2.07. The molecule has 1 saturated heterocycles. The Balaban J connectivity index is 0.00000120. The maximum absolute atomic E-state index is 11.9. The number of hydrogen-bond acceptors (Lipinski definition) is 3. The SMILES string of the molecule is Cl.O=c1[nH]c(CC2CCNC2)nc2ccccc12. The summed E-state index contributed by atoms with van der Waals surface area (Å²) in [4.78, 5) is 19.3. The van der Waals surface area contributed by atoms with Gasteiger partial charge in [-0.25, -0.2) is 4.98 Å². The molecule has 0 amide bonds. The van der Waals surface area contributed by atoms with Crippen LogP contribution in [0.5, 0.6) is 0 Å². The van der Waals surface area contributed by atoms with Crippen LogP contribution in [0, 0.1) is 5.92 Å². The lowest BCUT2D eigenvalue weighted by atomic mass is 10.0. The smallest absolute Gasteiger partial charge is 0.258 e. The number of fused-ring (bicyclic) bond motifs is 1. The van der Waals surface area contributed by atoms with Crippen molar-refractivity contribution in [2.24, 2.45) is 5.92 Å². The van der Waals surface area contributed by atoms with Crippen molar-refractivity contribution in [2.75, 3.05) is 13.1 Å². The summed E-state index contributed by atoms with van der Waals surface area (Å²) in [5, 5.41) is 3.99. The van der Waals surface area contributed by atoms with Crippen molar-refractivity contribution < 1.29 is 0 Å². The molecule has 96 valence electrons. The average Bonchev–Trinajstić information content (AvgIpc) is 2.82. The van der Waals surface area contributed by atoms with Crippen LogP contribution in [0.1, 0.15) is 12.2 Å². The Morgan fingerprint density at radius 1 is 1.33 bits per heavy atom. The van der Waals surface area contributed by atoms with E-state index in [1.807, 2.05) is 24.3 Å². The molecule has 18 heavy (non-hydrogen) atoms. The van der Waals surface area contributed by atoms with Crippen molar-refractivity contribution in [3.05, 3.63) is 40.4 Å². The van der Waals surface area contributed by atoms with Gasteiger partial charge in [0.15, 0.2) is 0 Å². The minimum atomic E-state index is -0.0310. The molecule has 0 radical (unpaired) electrons. The lowest BCUT2D eigenvalue weighted by molar-refractivity contribution is 0.562. The monoisotopic (exact) mass is 265 g/mol. The second kappa shape index (κ2) is 5.50. The number of nitrogens with zero attached hydrogens (tertiary/aromatic N) is 1. The molecule has 2 aromatic rings. The van der Waals surface area contributed by atoms with Crippen molar-refractivity contribution in [1.82, 2.24) is 15.3 Å². The van der Waals surface area contributed by atoms with Crippen LogP contribution >= 0.6 is 12.4 Å². The van der Waals surface area contributed by atoms with Gasteiger partial charge in [-0.1, -0.05) is 12.1 Å². The molecule has 4 nitrogen and oxygen atoms in total.